The van der Waals surface area contributed by atoms with Crippen molar-refractivity contribution in [2.45, 2.75) is 26.3 Å². The average molecular weight is 309 g/mol. The Kier molecular flexibility index (Phi) is 5.68. The van der Waals surface area contributed by atoms with E-state index in [2.05, 4.69) is 53.6 Å². The second kappa shape index (κ2) is 7.30. The van der Waals surface area contributed by atoms with Gasteiger partial charge in [-0.3, -0.25) is 4.90 Å². The topological polar surface area (TPSA) is 17.4 Å². The molecule has 1 aromatic heterocycles. The molecule has 1 aliphatic heterocycles. The Morgan fingerprint density at radius 2 is 1.90 bits per heavy atom. The van der Waals surface area contributed by atoms with Crippen molar-refractivity contribution < 1.29 is 4.74 Å². The third-order valence-corrected chi connectivity index (χ3v) is 4.35. The minimum atomic E-state index is 0. The molecule has 0 bridgehead atoms. The highest BCUT2D eigenvalue weighted by Gasteiger charge is 2.19. The molecule has 1 aliphatic rings. The van der Waals surface area contributed by atoms with Crippen LogP contribution in [0.4, 0.5) is 0 Å². The molecule has 0 spiro atoms. The fraction of sp³-hybridized carbons (Fsp3) is 0.529. The number of morpholine rings is 1. The van der Waals surface area contributed by atoms with Gasteiger partial charge in [0.2, 0.25) is 0 Å². The molecule has 0 radical (unpaired) electrons. The highest BCUT2D eigenvalue weighted by atomic mass is 35.5. The Labute approximate surface area is 133 Å². The predicted octanol–water partition coefficient (Wildman–Crippen LogP) is 3.65. The SMILES string of the molecule is CCC(CN1CCOCC1)n1c(C)cc2ccccc21.Cl. The van der Waals surface area contributed by atoms with Crippen molar-refractivity contribution in [3.8, 4) is 0 Å². The van der Waals surface area contributed by atoms with Crippen molar-refractivity contribution in [3.63, 3.8) is 0 Å². The molecular formula is C17H25ClN2O. The number of para-hydroxylation sites is 1. The van der Waals surface area contributed by atoms with Gasteiger partial charge in [0.05, 0.1) is 13.2 Å². The molecule has 1 saturated heterocycles. The Bertz CT molecular complexity index is 575. The van der Waals surface area contributed by atoms with Crippen LogP contribution in [-0.4, -0.2) is 42.3 Å². The van der Waals surface area contributed by atoms with E-state index in [1.165, 1.54) is 16.6 Å². The number of aryl methyl sites for hydroxylation is 1. The van der Waals surface area contributed by atoms with Crippen molar-refractivity contribution >= 4 is 23.3 Å². The van der Waals surface area contributed by atoms with E-state index >= 15 is 0 Å². The molecule has 2 aromatic rings. The molecular weight excluding hydrogens is 284 g/mol. The number of benzene rings is 1. The maximum atomic E-state index is 5.45. The number of halogens is 1. The Morgan fingerprint density at radius 1 is 1.19 bits per heavy atom. The van der Waals surface area contributed by atoms with Gasteiger partial charge in [0.15, 0.2) is 0 Å². The lowest BCUT2D eigenvalue weighted by atomic mass is 10.2. The van der Waals surface area contributed by atoms with Crippen LogP contribution in [0.15, 0.2) is 30.3 Å². The van der Waals surface area contributed by atoms with Gasteiger partial charge < -0.3 is 9.30 Å². The third kappa shape index (κ3) is 3.42. The van der Waals surface area contributed by atoms with Gasteiger partial charge in [0, 0.05) is 36.9 Å². The van der Waals surface area contributed by atoms with E-state index in [9.17, 15) is 0 Å². The van der Waals surface area contributed by atoms with Crippen LogP contribution in [0.2, 0.25) is 0 Å². The molecule has 1 atom stereocenters. The van der Waals surface area contributed by atoms with Crippen LogP contribution in [0.3, 0.4) is 0 Å². The fourth-order valence-electron chi connectivity index (χ4n) is 3.27. The molecule has 21 heavy (non-hydrogen) atoms. The normalized spacial score (nSPS) is 17.6. The number of rotatable bonds is 4. The molecule has 1 fully saturated rings. The zero-order chi connectivity index (χ0) is 13.9. The van der Waals surface area contributed by atoms with Gasteiger partial charge >= 0.3 is 0 Å². The van der Waals surface area contributed by atoms with Gasteiger partial charge in [-0.25, -0.2) is 0 Å². The zero-order valence-electron chi connectivity index (χ0n) is 12.9. The van der Waals surface area contributed by atoms with Crippen molar-refractivity contribution in [2.24, 2.45) is 0 Å². The lowest BCUT2D eigenvalue weighted by Crippen LogP contribution is -2.39. The van der Waals surface area contributed by atoms with Gasteiger partial charge in [-0.2, -0.15) is 0 Å². The molecule has 4 heteroatoms. The summed E-state index contributed by atoms with van der Waals surface area (Å²) in [6.07, 6.45) is 1.16. The molecule has 0 aliphatic carbocycles. The van der Waals surface area contributed by atoms with E-state index in [0.717, 1.165) is 39.3 Å². The van der Waals surface area contributed by atoms with E-state index in [-0.39, 0.29) is 12.4 Å². The monoisotopic (exact) mass is 308 g/mol. The maximum Gasteiger partial charge on any atom is 0.0594 e. The van der Waals surface area contributed by atoms with Crippen LogP contribution in [-0.2, 0) is 4.74 Å². The third-order valence-electron chi connectivity index (χ3n) is 4.35. The molecule has 0 saturated carbocycles. The number of hydrogen-bond donors (Lipinski definition) is 0. The minimum absolute atomic E-state index is 0. The van der Waals surface area contributed by atoms with Crippen molar-refractivity contribution in [1.82, 2.24) is 9.47 Å². The summed E-state index contributed by atoms with van der Waals surface area (Å²) < 4.78 is 7.97. The highest BCUT2D eigenvalue weighted by molar-refractivity contribution is 5.85. The quantitative estimate of drug-likeness (QED) is 0.857. The molecule has 1 aromatic carbocycles. The number of fused-ring (bicyclic) bond motifs is 1. The van der Waals surface area contributed by atoms with E-state index in [1.807, 2.05) is 0 Å². The Hall–Kier alpha value is -1.03. The molecule has 2 heterocycles. The summed E-state index contributed by atoms with van der Waals surface area (Å²) in [5, 5.41) is 1.35. The number of hydrogen-bond acceptors (Lipinski definition) is 2. The Balaban J connectivity index is 0.00000161. The van der Waals surface area contributed by atoms with Crippen LogP contribution in [0.5, 0.6) is 0 Å². The van der Waals surface area contributed by atoms with Crippen molar-refractivity contribution in [3.05, 3.63) is 36.0 Å². The van der Waals surface area contributed by atoms with Crippen LogP contribution >= 0.6 is 12.4 Å². The smallest absolute Gasteiger partial charge is 0.0594 e. The van der Waals surface area contributed by atoms with Gasteiger partial charge in [-0.1, -0.05) is 25.1 Å². The molecule has 116 valence electrons. The predicted molar refractivity (Wildman–Crippen MR) is 90.5 cm³/mol. The van der Waals surface area contributed by atoms with Gasteiger partial charge in [-0.05, 0) is 30.9 Å². The number of ether oxygens (including phenoxy) is 1. The minimum Gasteiger partial charge on any atom is -0.379 e. The first-order valence-electron chi connectivity index (χ1n) is 7.66. The summed E-state index contributed by atoms with van der Waals surface area (Å²) in [5.41, 5.74) is 2.73. The lowest BCUT2D eigenvalue weighted by molar-refractivity contribution is 0.0314. The number of nitrogens with zero attached hydrogens (tertiary/aromatic N) is 2. The average Bonchev–Trinajstić information content (AvgIpc) is 2.82. The highest BCUT2D eigenvalue weighted by Crippen LogP contribution is 2.26. The number of aromatic nitrogens is 1. The lowest BCUT2D eigenvalue weighted by Gasteiger charge is -2.31. The van der Waals surface area contributed by atoms with E-state index in [4.69, 9.17) is 4.74 Å². The van der Waals surface area contributed by atoms with Crippen LogP contribution in [0.1, 0.15) is 25.1 Å². The first kappa shape index (κ1) is 16.3. The van der Waals surface area contributed by atoms with Crippen molar-refractivity contribution in [1.29, 1.82) is 0 Å². The van der Waals surface area contributed by atoms with Crippen LogP contribution < -0.4 is 0 Å². The summed E-state index contributed by atoms with van der Waals surface area (Å²) in [5.74, 6) is 0. The second-order valence-corrected chi connectivity index (χ2v) is 5.69. The van der Waals surface area contributed by atoms with E-state index < -0.39 is 0 Å². The first-order valence-corrected chi connectivity index (χ1v) is 7.66. The molecule has 0 N–H and O–H groups in total. The summed E-state index contributed by atoms with van der Waals surface area (Å²) >= 11 is 0. The largest absolute Gasteiger partial charge is 0.379 e. The first-order chi connectivity index (χ1) is 9.79. The fourth-order valence-corrected chi connectivity index (χ4v) is 3.27. The van der Waals surface area contributed by atoms with Crippen molar-refractivity contribution in [2.75, 3.05) is 32.8 Å². The standard InChI is InChI=1S/C17H24N2O.ClH/c1-3-16(13-18-8-10-20-11-9-18)19-14(2)12-15-6-4-5-7-17(15)19;/h4-7,12,16H,3,8-11,13H2,1-2H3;1H. The van der Waals surface area contributed by atoms with E-state index in [0.29, 0.717) is 6.04 Å². The van der Waals surface area contributed by atoms with Crippen LogP contribution in [0, 0.1) is 6.92 Å². The van der Waals surface area contributed by atoms with Gasteiger partial charge in [-0.15, -0.1) is 12.4 Å². The summed E-state index contributed by atoms with van der Waals surface area (Å²) in [7, 11) is 0. The van der Waals surface area contributed by atoms with Crippen LogP contribution in [0.25, 0.3) is 10.9 Å². The Morgan fingerprint density at radius 3 is 2.62 bits per heavy atom. The van der Waals surface area contributed by atoms with E-state index in [1.54, 1.807) is 0 Å². The molecule has 3 rings (SSSR count). The molecule has 3 nitrogen and oxygen atoms in total. The van der Waals surface area contributed by atoms with Gasteiger partial charge in [0.1, 0.15) is 0 Å². The van der Waals surface area contributed by atoms with Gasteiger partial charge in [0.25, 0.3) is 0 Å². The molecule has 1 unspecified atom stereocenters. The second-order valence-electron chi connectivity index (χ2n) is 5.69. The maximum absolute atomic E-state index is 5.45. The summed E-state index contributed by atoms with van der Waals surface area (Å²) in [6.45, 7) is 9.52. The summed E-state index contributed by atoms with van der Waals surface area (Å²) in [4.78, 5) is 2.53. The summed E-state index contributed by atoms with van der Waals surface area (Å²) in [6, 6.07) is 11.6. The molecule has 0 amide bonds. The zero-order valence-corrected chi connectivity index (χ0v) is 13.7.